The van der Waals surface area contributed by atoms with Gasteiger partial charge in [0.15, 0.2) is 12.0 Å². The smallest absolute Gasteiger partial charge is 0.299 e. The van der Waals surface area contributed by atoms with Gasteiger partial charge in [-0.15, -0.1) is 0 Å². The van der Waals surface area contributed by atoms with Crippen molar-refractivity contribution in [2.45, 2.75) is 32.7 Å². The maximum absolute atomic E-state index is 11.1. The largest absolute Gasteiger partial charge is 0.369 e. The van der Waals surface area contributed by atoms with E-state index in [9.17, 15) is 8.78 Å². The molecule has 0 amide bonds. The van der Waals surface area contributed by atoms with E-state index in [2.05, 4.69) is 34.4 Å². The van der Waals surface area contributed by atoms with Crippen LogP contribution in [-0.2, 0) is 4.79 Å². The molecule has 0 bridgehead atoms. The number of aromatic nitrogens is 1. The lowest BCUT2D eigenvalue weighted by Gasteiger charge is -2.20. The number of carbonyl (C=O) groups is 1. The van der Waals surface area contributed by atoms with Crippen molar-refractivity contribution in [2.24, 2.45) is 0 Å². The van der Waals surface area contributed by atoms with Gasteiger partial charge >= 0.3 is 0 Å². The van der Waals surface area contributed by atoms with Crippen LogP contribution in [0.25, 0.3) is 5.57 Å². The van der Waals surface area contributed by atoms with Crippen LogP contribution in [-0.4, -0.2) is 47.8 Å². The number of anilines is 1. The molecule has 2 rings (SSSR count). The van der Waals surface area contributed by atoms with E-state index >= 15 is 0 Å². The number of rotatable bonds is 7. The van der Waals surface area contributed by atoms with Crippen LogP contribution in [0.2, 0.25) is 0 Å². The van der Waals surface area contributed by atoms with Gasteiger partial charge in [0.1, 0.15) is 20.1 Å². The van der Waals surface area contributed by atoms with E-state index < -0.39 is 12.2 Å². The summed E-state index contributed by atoms with van der Waals surface area (Å²) in [6.07, 6.45) is 2.71. The second kappa shape index (κ2) is 11.6. The maximum Gasteiger partial charge on any atom is 0.299 e. The second-order valence-electron chi connectivity index (χ2n) is 7.50. The first-order chi connectivity index (χ1) is 14.9. The zero-order valence-corrected chi connectivity index (χ0v) is 18.9. The zero-order valence-electron chi connectivity index (χ0n) is 18.9. The number of aldehydes is 1. The normalized spacial score (nSPS) is 11.2. The summed E-state index contributed by atoms with van der Waals surface area (Å²) in [6.45, 7) is 8.45. The molecule has 0 saturated carbocycles. The average molecular weight is 441 g/mol. The summed E-state index contributed by atoms with van der Waals surface area (Å²) in [6, 6.07) is 11.3. The summed E-state index contributed by atoms with van der Waals surface area (Å²) in [5.74, 6) is -3.14. The Morgan fingerprint density at radius 1 is 1.31 bits per heavy atom. The summed E-state index contributed by atoms with van der Waals surface area (Å²) in [5, 5.41) is 20.2. The van der Waals surface area contributed by atoms with Gasteiger partial charge in [-0.3, -0.25) is 9.78 Å². The van der Waals surface area contributed by atoms with Crippen molar-refractivity contribution < 1.29 is 18.2 Å². The van der Waals surface area contributed by atoms with Crippen LogP contribution >= 0.6 is 0 Å². The van der Waals surface area contributed by atoms with Crippen molar-refractivity contribution in [2.75, 3.05) is 19.4 Å². The van der Waals surface area contributed by atoms with Gasteiger partial charge in [0.25, 0.3) is 5.92 Å². The number of halogens is 2. The number of allylic oxidation sites excluding steroid dienone is 1. The van der Waals surface area contributed by atoms with E-state index in [0.717, 1.165) is 28.2 Å². The molecule has 0 radical (unpaired) electrons. The Bertz CT molecular complexity index is 1040. The minimum Gasteiger partial charge on any atom is -0.369 e. The highest BCUT2D eigenvalue weighted by Crippen LogP contribution is 2.24. The minimum absolute atomic E-state index is 0.108. The molecule has 0 fully saturated rings. The molecule has 0 aliphatic carbocycles. The van der Waals surface area contributed by atoms with Crippen molar-refractivity contribution in [1.82, 2.24) is 4.98 Å². The Hall–Kier alpha value is -3.73. The molecule has 1 unspecified atom stereocenters. The topological polar surface area (TPSA) is 92.6 Å². The van der Waals surface area contributed by atoms with Gasteiger partial charge in [-0.05, 0) is 36.8 Å². The van der Waals surface area contributed by atoms with Crippen LogP contribution in [0.1, 0.15) is 49.2 Å². The van der Waals surface area contributed by atoms with Crippen LogP contribution in [0.5, 0.6) is 0 Å². The Balaban J connectivity index is 0.000000751. The van der Waals surface area contributed by atoms with Gasteiger partial charge in [-0.2, -0.15) is 14.0 Å². The molecule has 6 nitrogen and oxygen atoms in total. The highest BCUT2D eigenvalue weighted by atomic mass is 19.3. The number of benzene rings is 1. The molecule has 1 aromatic heterocycles. The third kappa shape index (κ3) is 7.84. The zero-order chi connectivity index (χ0) is 24.5. The molecular formula is C24H28F2N5O+. The highest BCUT2D eigenvalue weighted by molar-refractivity contribution is 5.91. The fraction of sp³-hybridized carbons (Fsp3) is 0.292. The molecular weight excluding hydrogens is 412 g/mol. The van der Waals surface area contributed by atoms with Crippen molar-refractivity contribution in [3.8, 4) is 6.07 Å². The lowest BCUT2D eigenvalue weighted by atomic mass is 10.0. The van der Waals surface area contributed by atoms with Gasteiger partial charge in [-0.1, -0.05) is 12.6 Å². The second-order valence-corrected chi connectivity index (χ2v) is 7.50. The standard InChI is InChI=1S/C21H24N5.C3H4F2O/c1-14(2)19-9-7-17(13-24-19)21(15(3)26(4)5)25-20-8-6-16(11-22)10-18(20)12-23;1-3(4,5)2-6/h6-10,12-13,21,23,25H,1H2,2-5H3;2H,1H3/q+1;. The van der Waals surface area contributed by atoms with Gasteiger partial charge in [-0.25, -0.2) is 4.58 Å². The summed E-state index contributed by atoms with van der Waals surface area (Å²) in [5.41, 5.74) is 5.92. The number of hydrogen-bond acceptors (Lipinski definition) is 5. The number of carbonyl (C=O) groups excluding carboxylic acids is 1. The summed E-state index contributed by atoms with van der Waals surface area (Å²) in [7, 11) is 3.99. The number of pyridine rings is 1. The number of hydrogen-bond donors (Lipinski definition) is 2. The Morgan fingerprint density at radius 3 is 2.34 bits per heavy atom. The molecule has 2 aromatic rings. The first-order valence-electron chi connectivity index (χ1n) is 9.71. The maximum atomic E-state index is 11.1. The van der Waals surface area contributed by atoms with Gasteiger partial charge in [0.05, 0.1) is 17.3 Å². The molecule has 0 saturated heterocycles. The fourth-order valence-electron chi connectivity index (χ4n) is 2.55. The van der Waals surface area contributed by atoms with Crippen LogP contribution in [0.15, 0.2) is 43.1 Å². The Kier molecular flexibility index (Phi) is 9.54. The van der Waals surface area contributed by atoms with Gasteiger partial charge < -0.3 is 10.7 Å². The van der Waals surface area contributed by atoms with Crippen molar-refractivity contribution in [3.63, 3.8) is 0 Å². The van der Waals surface area contributed by atoms with Crippen molar-refractivity contribution in [3.05, 3.63) is 65.5 Å². The lowest BCUT2D eigenvalue weighted by molar-refractivity contribution is -0.466. The fourth-order valence-corrected chi connectivity index (χ4v) is 2.55. The number of nitriles is 1. The molecule has 32 heavy (non-hydrogen) atoms. The molecule has 168 valence electrons. The molecule has 1 atom stereocenters. The highest BCUT2D eigenvalue weighted by Gasteiger charge is 2.22. The third-order valence-electron chi connectivity index (χ3n) is 4.52. The lowest BCUT2D eigenvalue weighted by Crippen LogP contribution is -2.26. The molecule has 1 aromatic carbocycles. The number of nitrogens with zero attached hydrogens (tertiary/aromatic N) is 3. The summed E-state index contributed by atoms with van der Waals surface area (Å²) in [4.78, 5) is 13.6. The predicted octanol–water partition coefficient (Wildman–Crippen LogP) is 4.71. The van der Waals surface area contributed by atoms with E-state index in [1.807, 2.05) is 45.4 Å². The van der Waals surface area contributed by atoms with Crippen LogP contribution < -0.4 is 5.32 Å². The SMILES string of the molecule is C=C(C)c1ccc(C(Nc2ccc(C#N)cc2C=N)C(C)=[N+](C)C)cn1.CC(F)(F)C=O. The quantitative estimate of drug-likeness (QED) is 0.370. The van der Waals surface area contributed by atoms with E-state index in [0.29, 0.717) is 18.1 Å². The third-order valence-corrected chi connectivity index (χ3v) is 4.52. The van der Waals surface area contributed by atoms with Crippen LogP contribution in [0.3, 0.4) is 0 Å². The Labute approximate surface area is 187 Å². The van der Waals surface area contributed by atoms with Gasteiger partial charge in [0.2, 0.25) is 0 Å². The van der Waals surface area contributed by atoms with E-state index in [1.165, 1.54) is 6.21 Å². The molecule has 0 spiro atoms. The molecule has 1 heterocycles. The van der Waals surface area contributed by atoms with Crippen LogP contribution in [0, 0.1) is 16.7 Å². The summed E-state index contributed by atoms with van der Waals surface area (Å²) < 4.78 is 24.2. The first-order valence-corrected chi connectivity index (χ1v) is 9.71. The number of nitrogens with one attached hydrogen (secondary N) is 2. The molecule has 0 aliphatic rings. The van der Waals surface area contributed by atoms with Crippen molar-refractivity contribution in [1.29, 1.82) is 10.7 Å². The predicted molar refractivity (Wildman–Crippen MR) is 124 cm³/mol. The van der Waals surface area contributed by atoms with Crippen LogP contribution in [0.4, 0.5) is 14.5 Å². The molecule has 2 N–H and O–H groups in total. The Morgan fingerprint density at radius 2 is 1.94 bits per heavy atom. The summed E-state index contributed by atoms with van der Waals surface area (Å²) >= 11 is 0. The number of alkyl halides is 2. The molecule has 0 aliphatic heterocycles. The van der Waals surface area contributed by atoms with E-state index in [1.54, 1.807) is 12.1 Å². The monoisotopic (exact) mass is 440 g/mol. The minimum atomic E-state index is -3.14. The van der Waals surface area contributed by atoms with E-state index in [4.69, 9.17) is 15.5 Å². The van der Waals surface area contributed by atoms with E-state index in [-0.39, 0.29) is 6.04 Å². The average Bonchev–Trinajstić information content (AvgIpc) is 2.76. The van der Waals surface area contributed by atoms with Gasteiger partial charge in [0, 0.05) is 43.1 Å². The van der Waals surface area contributed by atoms with Crippen molar-refractivity contribution >= 4 is 29.5 Å². The molecule has 8 heteroatoms. The first kappa shape index (κ1) is 26.3.